The van der Waals surface area contributed by atoms with Gasteiger partial charge in [0.15, 0.2) is 0 Å². The fourth-order valence-corrected chi connectivity index (χ4v) is 0.738. The van der Waals surface area contributed by atoms with Gasteiger partial charge in [0.1, 0.15) is 0 Å². The van der Waals surface area contributed by atoms with Crippen molar-refractivity contribution in [3.05, 3.63) is 0 Å². The Hall–Kier alpha value is -0.970. The average molecular weight is 139 g/mol. The molecule has 0 aliphatic rings. The van der Waals surface area contributed by atoms with E-state index in [4.69, 9.17) is 12.2 Å². The van der Waals surface area contributed by atoms with Crippen LogP contribution in [0.15, 0.2) is 0 Å². The molecule has 0 saturated heterocycles. The Balaban J connectivity index is 3.88. The molecule has 0 aromatic heterocycles. The largest absolute Gasteiger partial charge is 0.369 e. The van der Waals surface area contributed by atoms with Gasteiger partial charge in [-0.2, -0.15) is 0 Å². The first-order chi connectivity index (χ1) is 4.57. The predicted octanol–water partition coefficient (Wildman–Crippen LogP) is 0.767. The van der Waals surface area contributed by atoms with Crippen LogP contribution >= 0.6 is 0 Å². The van der Waals surface area contributed by atoms with E-state index in [-0.39, 0.29) is 5.92 Å². The molecule has 0 rings (SSSR count). The number of carbonyl (C=O) groups excluding carboxylic acids is 1. The maximum Gasteiger partial charge on any atom is 0.232 e. The molecule has 0 aliphatic carbocycles. The van der Waals surface area contributed by atoms with Gasteiger partial charge >= 0.3 is 0 Å². The van der Waals surface area contributed by atoms with Crippen LogP contribution in [0.3, 0.4) is 0 Å². The number of hydrogen-bond acceptors (Lipinski definition) is 1. The quantitative estimate of drug-likeness (QED) is 0.576. The van der Waals surface area contributed by atoms with E-state index in [1.807, 2.05) is 13.8 Å². The molecule has 0 aromatic carbocycles. The maximum absolute atomic E-state index is 10.5. The summed E-state index contributed by atoms with van der Waals surface area (Å²) in [5.74, 6) is 2.00. The highest BCUT2D eigenvalue weighted by Crippen LogP contribution is 2.09. The Kier molecular flexibility index (Phi) is 3.56. The molecule has 2 heteroatoms. The number of primary amides is 1. The molecule has 2 nitrogen and oxygen atoms in total. The summed E-state index contributed by atoms with van der Waals surface area (Å²) in [7, 11) is 0. The lowest BCUT2D eigenvalue weighted by atomic mass is 9.97. The lowest BCUT2D eigenvalue weighted by Gasteiger charge is -2.07. The Morgan fingerprint density at radius 1 is 1.70 bits per heavy atom. The van der Waals surface area contributed by atoms with Gasteiger partial charge in [-0.25, -0.2) is 0 Å². The number of carbonyl (C=O) groups is 1. The Labute approximate surface area is 61.8 Å². The summed E-state index contributed by atoms with van der Waals surface area (Å²) < 4.78 is 0. The average Bonchev–Trinajstić information content (AvgIpc) is 1.81. The summed E-state index contributed by atoms with van der Waals surface area (Å²) in [5.41, 5.74) is 5.01. The summed E-state index contributed by atoms with van der Waals surface area (Å²) in [6, 6.07) is 0. The Morgan fingerprint density at radius 3 is 2.30 bits per heavy atom. The van der Waals surface area contributed by atoms with Crippen LogP contribution in [0.5, 0.6) is 0 Å². The number of rotatable bonds is 3. The van der Waals surface area contributed by atoms with Crippen molar-refractivity contribution in [2.45, 2.75) is 20.3 Å². The van der Waals surface area contributed by atoms with Gasteiger partial charge in [-0.1, -0.05) is 19.8 Å². The standard InChI is InChI=1S/C8H13NO/c1-4-7(8(9)10)5-6(2)3/h1,6-7H,5H2,2-3H3,(H2,9,10). The van der Waals surface area contributed by atoms with E-state index in [1.165, 1.54) is 0 Å². The number of terminal acetylenes is 1. The van der Waals surface area contributed by atoms with Gasteiger partial charge in [-0.05, 0) is 12.3 Å². The maximum atomic E-state index is 10.5. The molecule has 0 spiro atoms. The Morgan fingerprint density at radius 2 is 2.20 bits per heavy atom. The molecular formula is C8H13NO. The molecule has 0 aromatic rings. The lowest BCUT2D eigenvalue weighted by molar-refractivity contribution is -0.120. The first-order valence-corrected chi connectivity index (χ1v) is 3.33. The normalized spacial score (nSPS) is 12.6. The second-order valence-electron chi connectivity index (χ2n) is 2.75. The highest BCUT2D eigenvalue weighted by Gasteiger charge is 2.12. The fraction of sp³-hybridized carbons (Fsp3) is 0.625. The van der Waals surface area contributed by atoms with Gasteiger partial charge in [-0.15, -0.1) is 6.42 Å². The van der Waals surface area contributed by atoms with Crippen LogP contribution in [0.2, 0.25) is 0 Å². The zero-order valence-corrected chi connectivity index (χ0v) is 6.42. The summed E-state index contributed by atoms with van der Waals surface area (Å²) in [6.45, 7) is 4.01. The van der Waals surface area contributed by atoms with Crippen LogP contribution in [-0.2, 0) is 4.79 Å². The van der Waals surface area contributed by atoms with Crippen molar-refractivity contribution >= 4 is 5.91 Å². The summed E-state index contributed by atoms with van der Waals surface area (Å²) in [4.78, 5) is 10.5. The molecule has 1 unspecified atom stereocenters. The number of nitrogens with two attached hydrogens (primary N) is 1. The second kappa shape index (κ2) is 3.94. The molecular weight excluding hydrogens is 126 g/mol. The van der Waals surface area contributed by atoms with Crippen LogP contribution in [-0.4, -0.2) is 5.91 Å². The third-order valence-electron chi connectivity index (χ3n) is 1.25. The van der Waals surface area contributed by atoms with E-state index < -0.39 is 5.91 Å². The van der Waals surface area contributed by atoms with Crippen LogP contribution in [0.1, 0.15) is 20.3 Å². The van der Waals surface area contributed by atoms with Gasteiger partial charge in [-0.3, -0.25) is 4.79 Å². The number of hydrogen-bond donors (Lipinski definition) is 1. The highest BCUT2D eigenvalue weighted by atomic mass is 16.1. The third kappa shape index (κ3) is 3.13. The molecule has 0 fully saturated rings. The molecule has 0 saturated carbocycles. The molecule has 0 bridgehead atoms. The molecule has 1 atom stereocenters. The zero-order valence-electron chi connectivity index (χ0n) is 6.42. The van der Waals surface area contributed by atoms with Crippen molar-refractivity contribution in [3.63, 3.8) is 0 Å². The fourth-order valence-electron chi connectivity index (χ4n) is 0.738. The summed E-state index contributed by atoms with van der Waals surface area (Å²) >= 11 is 0. The van der Waals surface area contributed by atoms with Crippen LogP contribution in [0, 0.1) is 24.2 Å². The molecule has 56 valence electrons. The minimum absolute atomic E-state index is 0.389. The lowest BCUT2D eigenvalue weighted by Crippen LogP contribution is -2.23. The Bertz CT molecular complexity index is 155. The molecule has 10 heavy (non-hydrogen) atoms. The van der Waals surface area contributed by atoms with E-state index in [0.717, 1.165) is 0 Å². The van der Waals surface area contributed by atoms with Gasteiger partial charge in [0, 0.05) is 0 Å². The van der Waals surface area contributed by atoms with Crippen molar-refractivity contribution in [2.75, 3.05) is 0 Å². The predicted molar refractivity (Wildman–Crippen MR) is 41.0 cm³/mol. The third-order valence-corrected chi connectivity index (χ3v) is 1.25. The minimum atomic E-state index is -0.392. The van der Waals surface area contributed by atoms with Gasteiger partial charge < -0.3 is 5.73 Å². The molecule has 2 N–H and O–H groups in total. The molecule has 0 heterocycles. The van der Waals surface area contributed by atoms with Crippen molar-refractivity contribution < 1.29 is 4.79 Å². The highest BCUT2D eigenvalue weighted by molar-refractivity contribution is 5.79. The van der Waals surface area contributed by atoms with Crippen molar-refractivity contribution in [1.82, 2.24) is 0 Å². The van der Waals surface area contributed by atoms with E-state index in [0.29, 0.717) is 12.3 Å². The minimum Gasteiger partial charge on any atom is -0.369 e. The second-order valence-corrected chi connectivity index (χ2v) is 2.75. The van der Waals surface area contributed by atoms with Crippen LogP contribution in [0.25, 0.3) is 0 Å². The van der Waals surface area contributed by atoms with Gasteiger partial charge in [0.2, 0.25) is 5.91 Å². The van der Waals surface area contributed by atoms with Crippen LogP contribution < -0.4 is 5.73 Å². The van der Waals surface area contributed by atoms with Crippen molar-refractivity contribution in [2.24, 2.45) is 17.6 Å². The topological polar surface area (TPSA) is 43.1 Å². The monoisotopic (exact) mass is 139 g/mol. The van der Waals surface area contributed by atoms with Gasteiger partial charge in [0.05, 0.1) is 5.92 Å². The number of amides is 1. The molecule has 0 radical (unpaired) electrons. The van der Waals surface area contributed by atoms with E-state index >= 15 is 0 Å². The molecule has 0 aliphatic heterocycles. The first kappa shape index (κ1) is 9.03. The molecule has 1 amide bonds. The van der Waals surface area contributed by atoms with Crippen molar-refractivity contribution in [1.29, 1.82) is 0 Å². The van der Waals surface area contributed by atoms with E-state index in [1.54, 1.807) is 0 Å². The van der Waals surface area contributed by atoms with Crippen LogP contribution in [0.4, 0.5) is 0 Å². The SMILES string of the molecule is C#CC(CC(C)C)C(N)=O. The first-order valence-electron chi connectivity index (χ1n) is 3.33. The van der Waals surface area contributed by atoms with E-state index in [2.05, 4.69) is 5.92 Å². The zero-order chi connectivity index (χ0) is 8.15. The summed E-state index contributed by atoms with van der Waals surface area (Å²) in [5, 5.41) is 0. The van der Waals surface area contributed by atoms with Gasteiger partial charge in [0.25, 0.3) is 0 Å². The summed E-state index contributed by atoms with van der Waals surface area (Å²) in [6.07, 6.45) is 5.76. The van der Waals surface area contributed by atoms with Crippen molar-refractivity contribution in [3.8, 4) is 12.3 Å². The smallest absolute Gasteiger partial charge is 0.232 e. The van der Waals surface area contributed by atoms with E-state index in [9.17, 15) is 4.79 Å².